The molecule has 1 aromatic heterocycles. The summed E-state index contributed by atoms with van der Waals surface area (Å²) in [6.45, 7) is 1.47. The summed E-state index contributed by atoms with van der Waals surface area (Å²) in [6, 6.07) is 3.38. The highest BCUT2D eigenvalue weighted by Crippen LogP contribution is 2.06. The van der Waals surface area contributed by atoms with E-state index in [-0.39, 0.29) is 32.7 Å². The van der Waals surface area contributed by atoms with Crippen LogP contribution in [-0.2, 0) is 0 Å². The summed E-state index contributed by atoms with van der Waals surface area (Å²) in [5.74, 6) is 0. The second-order valence-corrected chi connectivity index (χ2v) is 5.52. The molecule has 0 bridgehead atoms. The molecule has 0 unspecified atom stereocenters. The number of fused-ring (bicyclic) bond motifs is 2. The molecule has 0 fully saturated rings. The normalized spacial score (nSPS) is 13.5. The van der Waals surface area contributed by atoms with E-state index in [1.54, 1.807) is 12.1 Å². The summed E-state index contributed by atoms with van der Waals surface area (Å²) < 4.78 is 5.65. The van der Waals surface area contributed by atoms with E-state index >= 15 is 0 Å². The third-order valence-corrected chi connectivity index (χ3v) is 4.06. The van der Waals surface area contributed by atoms with Crippen molar-refractivity contribution in [2.75, 3.05) is 26.2 Å². The van der Waals surface area contributed by atoms with Gasteiger partial charge in [-0.3, -0.25) is 28.3 Å². The number of rotatable bonds is 4. The standard InChI is InChI=1S/C14H16N6O2S/c15-3-5-17-7-1-2-8(18-6-4-16)10-9(7)13(21)11-12(14(10)22)20-23-19-11/h1-2,19-20H,3-6,15-16H2. The highest BCUT2D eigenvalue weighted by molar-refractivity contribution is 7.00. The number of benzene rings is 2. The predicted molar refractivity (Wildman–Crippen MR) is 90.7 cm³/mol. The van der Waals surface area contributed by atoms with Crippen molar-refractivity contribution in [1.82, 2.24) is 8.75 Å². The fourth-order valence-corrected chi connectivity index (χ4v) is 3.12. The number of H-pyrrole nitrogens is 2. The number of aromatic amines is 2. The molecule has 1 heterocycles. The van der Waals surface area contributed by atoms with Gasteiger partial charge in [-0.05, 0) is 12.1 Å². The molecule has 9 heteroatoms. The molecule has 120 valence electrons. The average Bonchev–Trinajstić information content (AvgIpc) is 3.06. The Morgan fingerprint density at radius 2 is 1.30 bits per heavy atom. The van der Waals surface area contributed by atoms with Crippen molar-refractivity contribution in [3.05, 3.63) is 43.3 Å². The number of hydrogen-bond donors (Lipinski definition) is 4. The molecule has 8 nitrogen and oxygen atoms in total. The minimum atomic E-state index is -0.271. The van der Waals surface area contributed by atoms with Gasteiger partial charge in [0.2, 0.25) is 10.9 Å². The van der Waals surface area contributed by atoms with Crippen LogP contribution in [-0.4, -0.2) is 34.9 Å². The Hall–Kier alpha value is -2.36. The zero-order valence-electron chi connectivity index (χ0n) is 12.3. The Kier molecular flexibility index (Phi) is 4.33. The van der Waals surface area contributed by atoms with E-state index in [1.165, 1.54) is 0 Å². The quantitative estimate of drug-likeness (QED) is 0.465. The molecule has 0 saturated heterocycles. The first-order valence-electron chi connectivity index (χ1n) is 7.12. The Bertz CT molecular complexity index is 1010. The van der Waals surface area contributed by atoms with E-state index in [9.17, 15) is 9.59 Å². The first-order valence-corrected chi connectivity index (χ1v) is 7.94. The summed E-state index contributed by atoms with van der Waals surface area (Å²) in [4.78, 5) is 34.2. The molecule has 0 spiro atoms. The Morgan fingerprint density at radius 3 is 1.70 bits per heavy atom. The number of aromatic nitrogens is 2. The SMILES string of the molecule is NCCN=c1ccc(=NCCN)c2c(=O)c3[nH]s[nH]c3c(=O)c12. The smallest absolute Gasteiger partial charge is 0.215 e. The van der Waals surface area contributed by atoms with Crippen LogP contribution in [0.1, 0.15) is 0 Å². The van der Waals surface area contributed by atoms with Crippen molar-refractivity contribution < 1.29 is 0 Å². The van der Waals surface area contributed by atoms with Crippen molar-refractivity contribution >= 4 is 33.5 Å². The van der Waals surface area contributed by atoms with E-state index in [2.05, 4.69) is 18.7 Å². The summed E-state index contributed by atoms with van der Waals surface area (Å²) in [6.07, 6.45) is 0. The summed E-state index contributed by atoms with van der Waals surface area (Å²) in [5, 5.41) is 1.47. The van der Waals surface area contributed by atoms with Gasteiger partial charge in [-0.1, -0.05) is 0 Å². The van der Waals surface area contributed by atoms with Gasteiger partial charge in [0.1, 0.15) is 11.0 Å². The predicted octanol–water partition coefficient (Wildman–Crippen LogP) is -1.41. The third kappa shape index (κ3) is 2.58. The first kappa shape index (κ1) is 15.5. The molecule has 6 N–H and O–H groups in total. The second-order valence-electron chi connectivity index (χ2n) is 4.91. The van der Waals surface area contributed by atoms with Crippen LogP contribution in [0.15, 0.2) is 31.7 Å². The summed E-state index contributed by atoms with van der Waals surface area (Å²) in [5.41, 5.74) is 10.9. The van der Waals surface area contributed by atoms with E-state index in [0.29, 0.717) is 36.9 Å². The van der Waals surface area contributed by atoms with Gasteiger partial charge in [-0.15, -0.1) is 0 Å². The van der Waals surface area contributed by atoms with Crippen LogP contribution in [0.25, 0.3) is 21.8 Å². The summed E-state index contributed by atoms with van der Waals surface area (Å²) in [7, 11) is 0. The van der Waals surface area contributed by atoms with Crippen molar-refractivity contribution in [2.45, 2.75) is 0 Å². The number of nitrogens with zero attached hydrogens (tertiary/aromatic N) is 2. The molecule has 0 aliphatic heterocycles. The van der Waals surface area contributed by atoms with E-state index in [1.807, 2.05) is 0 Å². The lowest BCUT2D eigenvalue weighted by Gasteiger charge is -2.00. The molecule has 0 radical (unpaired) electrons. The maximum atomic E-state index is 12.8. The molecule has 23 heavy (non-hydrogen) atoms. The van der Waals surface area contributed by atoms with Crippen LogP contribution in [0, 0.1) is 0 Å². The second kappa shape index (κ2) is 6.41. The van der Waals surface area contributed by atoms with Gasteiger partial charge >= 0.3 is 0 Å². The van der Waals surface area contributed by atoms with Gasteiger partial charge in [0.25, 0.3) is 0 Å². The van der Waals surface area contributed by atoms with Gasteiger partial charge < -0.3 is 11.5 Å². The minimum absolute atomic E-state index is 0.257. The van der Waals surface area contributed by atoms with Crippen LogP contribution in [0.3, 0.4) is 0 Å². The molecule has 0 atom stereocenters. The Morgan fingerprint density at radius 1 is 0.870 bits per heavy atom. The average molecular weight is 332 g/mol. The lowest BCUT2D eigenvalue weighted by Crippen LogP contribution is -2.27. The van der Waals surface area contributed by atoms with Crippen molar-refractivity contribution in [3.8, 4) is 0 Å². The van der Waals surface area contributed by atoms with Gasteiger partial charge in [-0.25, -0.2) is 0 Å². The molecule has 3 aromatic rings. The molecular weight excluding hydrogens is 316 g/mol. The number of nitrogens with one attached hydrogen (secondary N) is 2. The maximum Gasteiger partial charge on any atom is 0.215 e. The van der Waals surface area contributed by atoms with Gasteiger partial charge in [0, 0.05) is 24.8 Å². The lowest BCUT2D eigenvalue weighted by atomic mass is 10.1. The molecule has 0 amide bonds. The van der Waals surface area contributed by atoms with E-state index in [0.717, 1.165) is 11.7 Å². The van der Waals surface area contributed by atoms with Gasteiger partial charge in [0.05, 0.1) is 34.6 Å². The largest absolute Gasteiger partial charge is 0.329 e. The molecule has 0 aliphatic carbocycles. The highest BCUT2D eigenvalue weighted by atomic mass is 32.1. The van der Waals surface area contributed by atoms with E-state index in [4.69, 9.17) is 11.5 Å². The molecule has 0 saturated carbocycles. The van der Waals surface area contributed by atoms with Crippen molar-refractivity contribution in [1.29, 1.82) is 0 Å². The molecule has 3 rings (SSSR count). The first-order chi connectivity index (χ1) is 11.2. The van der Waals surface area contributed by atoms with Crippen LogP contribution >= 0.6 is 11.7 Å². The van der Waals surface area contributed by atoms with E-state index < -0.39 is 0 Å². The van der Waals surface area contributed by atoms with Crippen molar-refractivity contribution in [2.24, 2.45) is 21.5 Å². The van der Waals surface area contributed by atoms with Crippen LogP contribution in [0.2, 0.25) is 0 Å². The highest BCUT2D eigenvalue weighted by Gasteiger charge is 2.15. The zero-order valence-corrected chi connectivity index (χ0v) is 13.1. The lowest BCUT2D eigenvalue weighted by molar-refractivity contribution is 0.940. The third-order valence-electron chi connectivity index (χ3n) is 3.45. The maximum absolute atomic E-state index is 12.8. The monoisotopic (exact) mass is 332 g/mol. The van der Waals surface area contributed by atoms with Crippen LogP contribution in [0.4, 0.5) is 0 Å². The van der Waals surface area contributed by atoms with Crippen LogP contribution < -0.4 is 33.0 Å². The number of hydrogen-bond acceptors (Lipinski definition) is 7. The molecule has 0 aliphatic rings. The molecule has 2 aromatic carbocycles. The Balaban J connectivity index is 2.59. The fourth-order valence-electron chi connectivity index (χ4n) is 2.47. The number of nitrogens with two attached hydrogens (primary N) is 2. The minimum Gasteiger partial charge on any atom is -0.329 e. The van der Waals surface area contributed by atoms with Gasteiger partial charge in [-0.2, -0.15) is 0 Å². The fraction of sp³-hybridized carbons (Fsp3) is 0.286. The van der Waals surface area contributed by atoms with Crippen molar-refractivity contribution in [3.63, 3.8) is 0 Å². The van der Waals surface area contributed by atoms with Gasteiger partial charge in [0.15, 0.2) is 0 Å². The topological polar surface area (TPSA) is 142 Å². The Labute approximate surface area is 133 Å². The van der Waals surface area contributed by atoms with Crippen LogP contribution in [0.5, 0.6) is 0 Å². The zero-order chi connectivity index (χ0) is 16.4. The summed E-state index contributed by atoms with van der Waals surface area (Å²) >= 11 is 1.09. The molecular formula is C14H16N6O2S.